The second kappa shape index (κ2) is 10.3. The number of hydrogen-bond acceptors (Lipinski definition) is 5. The molecule has 3 fully saturated rings. The lowest BCUT2D eigenvalue weighted by Gasteiger charge is -2.39. The van der Waals surface area contributed by atoms with Crippen molar-refractivity contribution in [3.63, 3.8) is 0 Å². The van der Waals surface area contributed by atoms with E-state index in [1.807, 2.05) is 31.2 Å². The molecule has 3 aliphatic heterocycles. The van der Waals surface area contributed by atoms with Crippen molar-refractivity contribution < 1.29 is 23.9 Å². The van der Waals surface area contributed by atoms with Gasteiger partial charge in [0.25, 0.3) is 5.91 Å². The Labute approximate surface area is 194 Å². The number of piperazine rings is 1. The Kier molecular flexibility index (Phi) is 7.27. The van der Waals surface area contributed by atoms with Gasteiger partial charge in [-0.25, -0.2) is 0 Å². The van der Waals surface area contributed by atoms with Gasteiger partial charge in [-0.3, -0.25) is 19.2 Å². The third-order valence-corrected chi connectivity index (χ3v) is 6.72. The number of piperidine rings is 1. The van der Waals surface area contributed by atoms with Gasteiger partial charge in [0, 0.05) is 57.9 Å². The first-order valence-electron chi connectivity index (χ1n) is 11.7. The van der Waals surface area contributed by atoms with Crippen LogP contribution in [0.4, 0.5) is 0 Å². The first-order valence-corrected chi connectivity index (χ1v) is 11.7. The number of carbonyl (C=O) groups is 4. The molecule has 0 aliphatic carbocycles. The highest BCUT2D eigenvalue weighted by atomic mass is 16.5. The van der Waals surface area contributed by atoms with E-state index in [2.05, 4.69) is 0 Å². The van der Waals surface area contributed by atoms with Crippen molar-refractivity contribution in [2.75, 3.05) is 65.6 Å². The van der Waals surface area contributed by atoms with Crippen LogP contribution in [-0.2, 0) is 19.1 Å². The van der Waals surface area contributed by atoms with Crippen molar-refractivity contribution in [3.05, 3.63) is 35.4 Å². The van der Waals surface area contributed by atoms with E-state index >= 15 is 0 Å². The van der Waals surface area contributed by atoms with Gasteiger partial charge >= 0.3 is 11.8 Å². The zero-order chi connectivity index (χ0) is 23.4. The average molecular weight is 457 g/mol. The minimum Gasteiger partial charge on any atom is -0.378 e. The summed E-state index contributed by atoms with van der Waals surface area (Å²) in [7, 11) is 0. The first-order chi connectivity index (χ1) is 15.9. The van der Waals surface area contributed by atoms with E-state index in [1.54, 1.807) is 9.80 Å². The number of carbonyl (C=O) groups excluding carboxylic acids is 4. The first kappa shape index (κ1) is 23.2. The number of likely N-dealkylation sites (tertiary alicyclic amines) is 1. The number of hydrogen-bond donors (Lipinski definition) is 0. The van der Waals surface area contributed by atoms with Crippen LogP contribution in [-0.4, -0.2) is 109 Å². The number of morpholine rings is 1. The molecule has 1 aromatic rings. The van der Waals surface area contributed by atoms with Crippen LogP contribution in [0.3, 0.4) is 0 Å². The van der Waals surface area contributed by atoms with Crippen molar-refractivity contribution >= 4 is 23.6 Å². The van der Waals surface area contributed by atoms with Crippen LogP contribution in [0.2, 0.25) is 0 Å². The molecule has 178 valence electrons. The molecule has 4 amide bonds. The summed E-state index contributed by atoms with van der Waals surface area (Å²) in [6, 6.07) is 7.50. The topological polar surface area (TPSA) is 90.5 Å². The molecule has 0 N–H and O–H groups in total. The molecule has 3 aliphatic rings. The summed E-state index contributed by atoms with van der Waals surface area (Å²) in [6.07, 6.45) is 1.55. The normalized spacial score (nSPS) is 21.7. The number of rotatable bonds is 2. The Morgan fingerprint density at radius 3 is 1.97 bits per heavy atom. The van der Waals surface area contributed by atoms with Crippen LogP contribution >= 0.6 is 0 Å². The van der Waals surface area contributed by atoms with Crippen molar-refractivity contribution in [1.29, 1.82) is 0 Å². The van der Waals surface area contributed by atoms with Crippen LogP contribution in [0, 0.1) is 12.8 Å². The number of ether oxygens (including phenoxy) is 1. The highest BCUT2D eigenvalue weighted by Gasteiger charge is 2.35. The smallest absolute Gasteiger partial charge is 0.312 e. The maximum Gasteiger partial charge on any atom is 0.312 e. The lowest BCUT2D eigenvalue weighted by atomic mass is 9.95. The minimum absolute atomic E-state index is 0.0306. The number of nitrogens with zero attached hydrogens (tertiary/aromatic N) is 4. The molecule has 0 saturated carbocycles. The number of aryl methyl sites for hydroxylation is 1. The second-order valence-electron chi connectivity index (χ2n) is 8.98. The largest absolute Gasteiger partial charge is 0.378 e. The minimum atomic E-state index is -0.503. The molecule has 1 unspecified atom stereocenters. The van der Waals surface area contributed by atoms with Crippen LogP contribution in [0.1, 0.15) is 28.8 Å². The van der Waals surface area contributed by atoms with E-state index in [0.29, 0.717) is 71.1 Å². The molecule has 0 spiro atoms. The van der Waals surface area contributed by atoms with Crippen molar-refractivity contribution in [3.8, 4) is 0 Å². The van der Waals surface area contributed by atoms with Gasteiger partial charge in [-0.15, -0.1) is 0 Å². The maximum atomic E-state index is 13.2. The van der Waals surface area contributed by atoms with E-state index in [1.165, 1.54) is 9.80 Å². The lowest BCUT2D eigenvalue weighted by Crippen LogP contribution is -2.57. The molecule has 3 saturated heterocycles. The van der Waals surface area contributed by atoms with E-state index in [-0.39, 0.29) is 17.7 Å². The highest BCUT2D eigenvalue weighted by molar-refractivity contribution is 6.34. The molecule has 0 radical (unpaired) electrons. The van der Waals surface area contributed by atoms with Crippen LogP contribution in [0.15, 0.2) is 24.3 Å². The lowest BCUT2D eigenvalue weighted by molar-refractivity contribution is -0.156. The molecule has 9 heteroatoms. The zero-order valence-corrected chi connectivity index (χ0v) is 19.2. The molecule has 33 heavy (non-hydrogen) atoms. The fourth-order valence-corrected chi connectivity index (χ4v) is 4.67. The number of amides is 4. The zero-order valence-electron chi connectivity index (χ0n) is 19.2. The molecule has 0 aromatic heterocycles. The molecule has 1 aromatic carbocycles. The fraction of sp³-hybridized carbons (Fsp3) is 0.583. The summed E-state index contributed by atoms with van der Waals surface area (Å²) in [5.41, 5.74) is 1.74. The molecule has 4 rings (SSSR count). The van der Waals surface area contributed by atoms with Crippen LogP contribution in [0.25, 0.3) is 0 Å². The second-order valence-corrected chi connectivity index (χ2v) is 8.98. The van der Waals surface area contributed by atoms with Gasteiger partial charge in [0.2, 0.25) is 5.91 Å². The molecule has 3 heterocycles. The molecule has 9 nitrogen and oxygen atoms in total. The molecule has 1 atom stereocenters. The maximum absolute atomic E-state index is 13.2. The predicted octanol–water partition coefficient (Wildman–Crippen LogP) is 0.377. The monoisotopic (exact) mass is 456 g/mol. The van der Waals surface area contributed by atoms with Crippen molar-refractivity contribution in [2.45, 2.75) is 19.8 Å². The summed E-state index contributed by atoms with van der Waals surface area (Å²) in [5, 5.41) is 0. The predicted molar refractivity (Wildman–Crippen MR) is 120 cm³/mol. The molecular weight excluding hydrogens is 424 g/mol. The van der Waals surface area contributed by atoms with Gasteiger partial charge in [-0.2, -0.15) is 0 Å². The van der Waals surface area contributed by atoms with Gasteiger partial charge in [0.1, 0.15) is 0 Å². The van der Waals surface area contributed by atoms with Crippen LogP contribution < -0.4 is 0 Å². The van der Waals surface area contributed by atoms with E-state index in [9.17, 15) is 19.2 Å². The average Bonchev–Trinajstić information content (AvgIpc) is 2.88. The summed E-state index contributed by atoms with van der Waals surface area (Å²) in [4.78, 5) is 57.7. The van der Waals surface area contributed by atoms with Gasteiger partial charge < -0.3 is 24.3 Å². The molecular formula is C24H32N4O5. The van der Waals surface area contributed by atoms with Crippen molar-refractivity contribution in [2.24, 2.45) is 5.92 Å². The summed E-state index contributed by atoms with van der Waals surface area (Å²) < 4.78 is 5.24. The third kappa shape index (κ3) is 5.35. The molecule has 0 bridgehead atoms. The quantitative estimate of drug-likeness (QED) is 0.600. The van der Waals surface area contributed by atoms with E-state index < -0.39 is 11.8 Å². The Morgan fingerprint density at radius 2 is 1.33 bits per heavy atom. The van der Waals surface area contributed by atoms with E-state index in [4.69, 9.17) is 4.74 Å². The third-order valence-electron chi connectivity index (χ3n) is 6.72. The Balaban J connectivity index is 1.29. The highest BCUT2D eigenvalue weighted by Crippen LogP contribution is 2.22. The Bertz CT molecular complexity index is 889. The fourth-order valence-electron chi connectivity index (χ4n) is 4.67. The summed E-state index contributed by atoms with van der Waals surface area (Å²) in [6.45, 7) is 6.33. The van der Waals surface area contributed by atoms with Crippen LogP contribution in [0.5, 0.6) is 0 Å². The summed E-state index contributed by atoms with van der Waals surface area (Å²) >= 11 is 0. The Hall–Kier alpha value is -2.94. The van der Waals surface area contributed by atoms with E-state index in [0.717, 1.165) is 18.4 Å². The van der Waals surface area contributed by atoms with Gasteiger partial charge in [-0.05, 0) is 31.9 Å². The van der Waals surface area contributed by atoms with Gasteiger partial charge in [0.15, 0.2) is 0 Å². The van der Waals surface area contributed by atoms with Gasteiger partial charge in [0.05, 0.1) is 19.1 Å². The standard InChI is InChI=1S/C24H32N4O5/c1-18-4-6-19(7-5-18)21(29)28-8-2-3-20(17-28)22(30)25-9-11-26(12-10-25)23(31)24(32)27-13-15-33-16-14-27/h4-7,20H,2-3,8-17H2,1H3. The van der Waals surface area contributed by atoms with Crippen molar-refractivity contribution in [1.82, 2.24) is 19.6 Å². The SMILES string of the molecule is Cc1ccc(C(=O)N2CCCC(C(=O)N3CCN(C(=O)C(=O)N4CCOCC4)CC3)C2)cc1. The number of benzene rings is 1. The van der Waals surface area contributed by atoms with Gasteiger partial charge in [-0.1, -0.05) is 17.7 Å². The summed E-state index contributed by atoms with van der Waals surface area (Å²) in [5.74, 6) is -1.23. The Morgan fingerprint density at radius 1 is 0.758 bits per heavy atom.